The van der Waals surface area contributed by atoms with Gasteiger partial charge in [-0.25, -0.2) is 23.3 Å². The SMILES string of the molecule is CC(C)C1=[C-]CC([Si](C)(C)C)=C1.CC(C)C1=[C-]CC([Si](C)(C)C)=C1.Cl.Cl.[CH3-].[CH3-].[SiH2]=[Zr]. The Morgan fingerprint density at radius 1 is 0.700 bits per heavy atom. The van der Waals surface area contributed by atoms with Crippen molar-refractivity contribution in [3.05, 3.63) is 60.7 Å². The summed E-state index contributed by atoms with van der Waals surface area (Å²) < 4.78 is 0. The van der Waals surface area contributed by atoms with Crippen molar-refractivity contribution in [2.75, 3.05) is 0 Å². The zero-order valence-electron chi connectivity index (χ0n) is 21.7. The summed E-state index contributed by atoms with van der Waals surface area (Å²) in [6, 6.07) is 0. The average Bonchev–Trinajstić information content (AvgIpc) is 3.18. The Morgan fingerprint density at radius 2 is 0.933 bits per heavy atom. The van der Waals surface area contributed by atoms with Crippen LogP contribution < -0.4 is 0 Å². The average molecular weight is 583 g/mol. The van der Waals surface area contributed by atoms with E-state index in [9.17, 15) is 0 Å². The van der Waals surface area contributed by atoms with Gasteiger partial charge < -0.3 is 14.9 Å². The Hall–Kier alpha value is 1.07. The third-order valence-corrected chi connectivity index (χ3v) is 9.29. The fraction of sp³-hybridized carbons (Fsp3) is 0.583. The van der Waals surface area contributed by atoms with E-state index in [4.69, 9.17) is 0 Å². The van der Waals surface area contributed by atoms with Gasteiger partial charge in [-0.3, -0.25) is 12.2 Å². The molecule has 0 aliphatic heterocycles. The van der Waals surface area contributed by atoms with Crippen molar-refractivity contribution >= 4 is 47.8 Å². The predicted molar refractivity (Wildman–Crippen MR) is 151 cm³/mol. The first-order valence-electron chi connectivity index (χ1n) is 9.81. The van der Waals surface area contributed by atoms with Crippen molar-refractivity contribution < 1.29 is 23.3 Å². The predicted octanol–water partition coefficient (Wildman–Crippen LogP) is 7.98. The van der Waals surface area contributed by atoms with E-state index < -0.39 is 16.1 Å². The van der Waals surface area contributed by atoms with Crippen LogP contribution in [0.4, 0.5) is 0 Å². The van der Waals surface area contributed by atoms with Crippen molar-refractivity contribution in [3.63, 3.8) is 0 Å². The van der Waals surface area contributed by atoms with E-state index in [2.05, 4.69) is 91.3 Å². The molecule has 2 aliphatic rings. The van der Waals surface area contributed by atoms with Gasteiger partial charge in [-0.15, -0.1) is 37.7 Å². The molecule has 0 N–H and O–H groups in total. The molecule has 6 heteroatoms. The van der Waals surface area contributed by atoms with E-state index in [1.807, 2.05) is 6.88 Å². The maximum absolute atomic E-state index is 3.47. The van der Waals surface area contributed by atoms with Crippen molar-refractivity contribution in [1.82, 2.24) is 0 Å². The van der Waals surface area contributed by atoms with E-state index >= 15 is 0 Å². The second-order valence-corrected chi connectivity index (χ2v) is 20.1. The zero-order chi connectivity index (χ0) is 20.7. The third kappa shape index (κ3) is 15.0. The molecule has 0 unspecified atom stereocenters. The Morgan fingerprint density at radius 3 is 1.03 bits per heavy atom. The van der Waals surface area contributed by atoms with E-state index in [1.54, 1.807) is 33.7 Å². The first kappa shape index (κ1) is 41.3. The first-order valence-corrected chi connectivity index (χ1v) is 22.7. The molecule has 2 aliphatic carbocycles. The molecular formula is C24H48Cl2Si3Zr-4. The van der Waals surface area contributed by atoms with Gasteiger partial charge in [-0.05, 0) is 0 Å². The summed E-state index contributed by atoms with van der Waals surface area (Å²) >= 11 is 1.58. The van der Waals surface area contributed by atoms with Crippen LogP contribution in [0.25, 0.3) is 0 Å². The molecule has 0 radical (unpaired) electrons. The molecule has 0 spiro atoms. The summed E-state index contributed by atoms with van der Waals surface area (Å²) in [5.41, 5.74) is 2.85. The van der Waals surface area contributed by atoms with E-state index in [-0.39, 0.29) is 39.7 Å². The van der Waals surface area contributed by atoms with E-state index in [0.29, 0.717) is 11.8 Å². The molecule has 0 atom stereocenters. The van der Waals surface area contributed by atoms with Crippen LogP contribution in [0.2, 0.25) is 39.3 Å². The molecule has 0 nitrogen and oxygen atoms in total. The summed E-state index contributed by atoms with van der Waals surface area (Å²) in [5.74, 6) is 1.30. The summed E-state index contributed by atoms with van der Waals surface area (Å²) in [6.45, 7) is 25.4. The van der Waals surface area contributed by atoms with Crippen molar-refractivity contribution in [3.8, 4) is 0 Å². The molecule has 0 aromatic rings. The normalized spacial score (nSPS) is 14.6. The third-order valence-electron chi connectivity index (χ3n) is 4.80. The van der Waals surface area contributed by atoms with Gasteiger partial charge in [0, 0.05) is 0 Å². The fourth-order valence-corrected chi connectivity index (χ4v) is 5.09. The summed E-state index contributed by atoms with van der Waals surface area (Å²) in [6.07, 6.45) is 13.9. The van der Waals surface area contributed by atoms with Crippen LogP contribution in [0.3, 0.4) is 0 Å². The van der Waals surface area contributed by atoms with Crippen LogP contribution in [0.15, 0.2) is 33.7 Å². The first-order chi connectivity index (χ1) is 11.8. The van der Waals surface area contributed by atoms with Crippen LogP contribution in [-0.2, 0) is 23.3 Å². The molecule has 0 heterocycles. The molecular weight excluding hydrogens is 535 g/mol. The van der Waals surface area contributed by atoms with Gasteiger partial charge in [0.15, 0.2) is 0 Å². The molecule has 30 heavy (non-hydrogen) atoms. The van der Waals surface area contributed by atoms with Gasteiger partial charge in [0.1, 0.15) is 0 Å². The van der Waals surface area contributed by atoms with Crippen molar-refractivity contribution in [2.24, 2.45) is 11.8 Å². The second-order valence-electron chi connectivity index (χ2n) is 9.77. The summed E-state index contributed by atoms with van der Waals surface area (Å²) in [4.78, 5) is 0. The van der Waals surface area contributed by atoms with Crippen LogP contribution >= 0.6 is 24.8 Å². The summed E-state index contributed by atoms with van der Waals surface area (Å²) in [5, 5.41) is 3.32. The maximum atomic E-state index is 3.47. The standard InChI is InChI=1S/2C11H19Si.2CH3.2ClH.H2Si.Zr/c2*1-9(2)10-6-7-11(8-10)12(3,4)5;;;;;;/h2*8-9H,7H2,1-5H3;2*1H3;2*1H;1H2;/q4*-1;;;;. The number of halogens is 2. The van der Waals surface area contributed by atoms with Crippen LogP contribution in [0.1, 0.15) is 40.5 Å². The Bertz CT molecular complexity index is 539. The topological polar surface area (TPSA) is 0 Å². The minimum atomic E-state index is -1.03. The molecule has 178 valence electrons. The van der Waals surface area contributed by atoms with E-state index in [0.717, 1.165) is 12.8 Å². The Kier molecular flexibility index (Phi) is 25.5. The minimum absolute atomic E-state index is 0. The van der Waals surface area contributed by atoms with Gasteiger partial charge in [0.2, 0.25) is 0 Å². The monoisotopic (exact) mass is 580 g/mol. The second kappa shape index (κ2) is 18.5. The number of rotatable bonds is 4. The molecule has 0 saturated carbocycles. The molecule has 0 fully saturated rings. The van der Waals surface area contributed by atoms with Crippen LogP contribution in [0.5, 0.6) is 0 Å². The fourth-order valence-electron chi connectivity index (χ4n) is 2.68. The molecule has 0 amide bonds. The quantitative estimate of drug-likeness (QED) is 0.233. The van der Waals surface area contributed by atoms with Gasteiger partial charge >= 0.3 is 30.2 Å². The molecule has 0 aromatic carbocycles. The van der Waals surface area contributed by atoms with Crippen LogP contribution in [-0.4, -0.2) is 23.0 Å². The Balaban J connectivity index is -0.000000114. The van der Waals surface area contributed by atoms with E-state index in [1.165, 1.54) is 11.1 Å². The molecule has 0 aromatic heterocycles. The van der Waals surface area contributed by atoms with Gasteiger partial charge in [-0.1, -0.05) is 78.8 Å². The van der Waals surface area contributed by atoms with Crippen LogP contribution in [0, 0.1) is 38.8 Å². The Labute approximate surface area is 222 Å². The van der Waals surface area contributed by atoms with Gasteiger partial charge in [0.25, 0.3) is 0 Å². The van der Waals surface area contributed by atoms with Crippen molar-refractivity contribution in [1.29, 1.82) is 0 Å². The number of hydrogen-bond acceptors (Lipinski definition) is 0. The molecule has 2 rings (SSSR count). The van der Waals surface area contributed by atoms with Crippen molar-refractivity contribution in [2.45, 2.75) is 79.8 Å². The molecule has 0 saturated heterocycles. The van der Waals surface area contributed by atoms with Gasteiger partial charge in [-0.2, -0.15) is 10.4 Å². The zero-order valence-corrected chi connectivity index (χ0v) is 29.3. The number of hydrogen-bond donors (Lipinski definition) is 0. The summed E-state index contributed by atoms with van der Waals surface area (Å²) in [7, 11) is -2.07. The number of allylic oxidation sites excluding steroid dienone is 8. The van der Waals surface area contributed by atoms with Gasteiger partial charge in [0.05, 0.1) is 16.1 Å². The molecule has 0 bridgehead atoms.